The van der Waals surface area contributed by atoms with Crippen molar-refractivity contribution in [3.8, 4) is 0 Å². The van der Waals surface area contributed by atoms with Crippen LogP contribution in [0, 0.1) is 0 Å². The van der Waals surface area contributed by atoms with Gasteiger partial charge in [-0.25, -0.2) is 50.4 Å². The van der Waals surface area contributed by atoms with Gasteiger partial charge >= 0.3 is 44.3 Å². The van der Waals surface area contributed by atoms with Crippen molar-refractivity contribution in [1.82, 2.24) is 0 Å². The molecule has 0 heterocycles. The number of sulfone groups is 4. The molecule has 4 N–H and O–H groups in total. The number of hydrogen-bond donors (Lipinski definition) is 4. The van der Waals surface area contributed by atoms with Crippen LogP contribution in [-0.2, 0) is 97.7 Å². The minimum absolute atomic E-state index is 1.89. The molecule has 0 aromatic carbocycles. The van der Waals surface area contributed by atoms with Gasteiger partial charge < -0.3 is 0 Å². The lowest BCUT2D eigenvalue weighted by molar-refractivity contribution is 0.282. The Morgan fingerprint density at radius 2 is 0.488 bits per heavy atom. The average Bonchev–Trinajstić information content (AvgIpc) is 2.61. The van der Waals surface area contributed by atoms with Crippen molar-refractivity contribution in [2.75, 3.05) is 49.4 Å². The molecule has 0 bridgehead atoms. The molecule has 41 heavy (non-hydrogen) atoms. The first-order valence-electron chi connectivity index (χ1n) is 9.19. The van der Waals surface area contributed by atoms with E-state index in [0.717, 1.165) is 0 Å². The second-order valence-electron chi connectivity index (χ2n) is 6.77. The fourth-order valence-corrected chi connectivity index (χ4v) is 18.8. The molecule has 0 aliphatic heterocycles. The molecule has 0 aliphatic carbocycles. The van der Waals surface area contributed by atoms with Crippen LogP contribution in [-0.4, -0.2) is 138 Å². The molecule has 0 aromatic rings. The summed E-state index contributed by atoms with van der Waals surface area (Å²) in [6.45, 7) is -7.58. The maximum absolute atomic E-state index is 13.2. The number of rotatable bonds is 20. The van der Waals surface area contributed by atoms with E-state index in [1.165, 1.54) is 0 Å². The van der Waals surface area contributed by atoms with E-state index in [0.29, 0.717) is 0 Å². The van der Waals surface area contributed by atoms with Gasteiger partial charge in [-0.3, -0.25) is 18.2 Å². The minimum atomic E-state index is -6.54. The van der Waals surface area contributed by atoms with Crippen molar-refractivity contribution in [3.63, 3.8) is 0 Å². The highest BCUT2D eigenvalue weighted by atomic mass is 32.4. The smallest absolute Gasteiger partial charge is 0.264 e. The van der Waals surface area contributed by atoms with E-state index in [4.69, 9.17) is 18.2 Å². The Morgan fingerprint density at radius 3 is 0.610 bits per heavy atom. The van der Waals surface area contributed by atoms with Gasteiger partial charge in [0.15, 0.2) is 0 Å². The van der Waals surface area contributed by atoms with Crippen LogP contribution in [0.4, 0.5) is 0 Å². The number of hydrogen-bond acceptors (Lipinski definition) is 20. The molecule has 0 aromatic heterocycles. The third kappa shape index (κ3) is 12.1. The fraction of sp³-hybridized carbons (Fsp3) is 1.00. The Balaban J connectivity index is 7.59. The minimum Gasteiger partial charge on any atom is -0.264 e. The summed E-state index contributed by atoms with van der Waals surface area (Å²) in [7, 11) is -48.4. The van der Waals surface area contributed by atoms with Gasteiger partial charge in [0.05, 0.1) is 49.4 Å². The second-order valence-corrected chi connectivity index (χ2v) is 21.7. The van der Waals surface area contributed by atoms with Gasteiger partial charge in [-0.15, -0.1) is 0 Å². The normalized spacial score (nSPS) is 15.1. The van der Waals surface area contributed by atoms with Crippen LogP contribution in [0.3, 0.4) is 0 Å². The van der Waals surface area contributed by atoms with Gasteiger partial charge in [-0.2, -0.15) is 33.7 Å². The lowest BCUT2D eigenvalue weighted by Crippen LogP contribution is -2.62. The molecule has 248 valence electrons. The van der Waals surface area contributed by atoms with E-state index >= 15 is 0 Å². The Kier molecular flexibility index (Phi) is 13.3. The standard InChI is InChI=1S/C9H20O24S8/c10-34(11,5-1-30-38(18,19)20)9(35(12,13)6-2-31-39(21,22)23,36(14,15)7-3-32-40(24,25)26)37(16,17)8-4-33-41(27,28)29/h1-8H2,(H,18,19,20)(H,21,22,23)(H,24,25,26)(H,27,28,29). The van der Waals surface area contributed by atoms with E-state index in [-0.39, 0.29) is 0 Å². The molecule has 32 heteroatoms. The Labute approximate surface area is 234 Å². The summed E-state index contributed by atoms with van der Waals surface area (Å²) in [6, 6.07) is 0. The zero-order valence-corrected chi connectivity index (χ0v) is 25.9. The summed E-state index contributed by atoms with van der Waals surface area (Å²) >= 11 is 0. The highest BCUT2D eigenvalue weighted by Crippen LogP contribution is 2.40. The molecule has 0 radical (unpaired) electrons. The molecule has 0 unspecified atom stereocenters. The first-order valence-corrected chi connectivity index (χ1v) is 21.3. The predicted octanol–water partition coefficient (Wildman–Crippen LogP) is -5.47. The molecule has 0 spiro atoms. The molecular formula is C9H20O24S8. The summed E-state index contributed by atoms with van der Waals surface area (Å²) < 4.78 is 235. The first kappa shape index (κ1) is 40.3. The van der Waals surface area contributed by atoms with Crippen molar-refractivity contribution in [1.29, 1.82) is 0 Å². The van der Waals surface area contributed by atoms with Crippen LogP contribution >= 0.6 is 0 Å². The Hall–Kier alpha value is -0.720. The monoisotopic (exact) mass is 768 g/mol. The predicted molar refractivity (Wildman–Crippen MR) is 128 cm³/mol. The highest BCUT2D eigenvalue weighted by Gasteiger charge is 2.72. The topological polar surface area (TPSA) is 391 Å². The largest absolute Gasteiger partial charge is 0.397 e. The van der Waals surface area contributed by atoms with Crippen LogP contribution in [0.25, 0.3) is 0 Å². The van der Waals surface area contributed by atoms with Crippen LogP contribution in [0.15, 0.2) is 0 Å². The van der Waals surface area contributed by atoms with Gasteiger partial charge in [0.1, 0.15) is 0 Å². The molecular weight excluding hydrogens is 749 g/mol. The fourth-order valence-electron chi connectivity index (χ4n) is 2.66. The maximum atomic E-state index is 13.2. The van der Waals surface area contributed by atoms with Gasteiger partial charge in [0.25, 0.3) is 0 Å². The third-order valence-corrected chi connectivity index (χ3v) is 20.7. The Morgan fingerprint density at radius 1 is 0.341 bits per heavy atom. The molecule has 0 fully saturated rings. The molecule has 0 aliphatic rings. The van der Waals surface area contributed by atoms with Gasteiger partial charge in [-0.1, -0.05) is 0 Å². The molecule has 0 rings (SSSR count). The van der Waals surface area contributed by atoms with E-state index in [2.05, 4.69) is 16.7 Å². The van der Waals surface area contributed by atoms with Gasteiger partial charge in [-0.05, 0) is 0 Å². The van der Waals surface area contributed by atoms with Crippen molar-refractivity contribution in [2.24, 2.45) is 0 Å². The van der Waals surface area contributed by atoms with Crippen LogP contribution in [0.2, 0.25) is 0 Å². The SMILES string of the molecule is O=S(=O)(O)OCCS(=O)(=O)C(S(=O)(=O)CCOS(=O)(=O)O)(S(=O)(=O)CCOS(=O)(=O)O)S(=O)(=O)CCOS(=O)(=O)O. The van der Waals surface area contributed by atoms with Crippen molar-refractivity contribution < 1.29 is 102 Å². The molecule has 0 saturated carbocycles. The third-order valence-electron chi connectivity index (χ3n) is 3.86. The van der Waals surface area contributed by atoms with Crippen LogP contribution < -0.4 is 0 Å². The van der Waals surface area contributed by atoms with Crippen molar-refractivity contribution in [3.05, 3.63) is 0 Å². The van der Waals surface area contributed by atoms with E-state index in [1.807, 2.05) is 0 Å². The van der Waals surface area contributed by atoms with E-state index < -0.39 is 133 Å². The summed E-state index contributed by atoms with van der Waals surface area (Å²) in [6.07, 6.45) is 0. The first-order chi connectivity index (χ1) is 17.8. The van der Waals surface area contributed by atoms with E-state index in [9.17, 15) is 67.3 Å². The van der Waals surface area contributed by atoms with Crippen molar-refractivity contribution in [2.45, 2.75) is 2.74 Å². The average molecular weight is 769 g/mol. The lowest BCUT2D eigenvalue weighted by atomic mass is 10.9. The van der Waals surface area contributed by atoms with Gasteiger partial charge in [0, 0.05) is 0 Å². The maximum Gasteiger partial charge on any atom is 0.397 e. The Bertz CT molecular complexity index is 1530. The quantitative estimate of drug-likeness (QED) is 0.0839. The lowest BCUT2D eigenvalue weighted by Gasteiger charge is -2.31. The molecule has 0 amide bonds. The summed E-state index contributed by atoms with van der Waals surface area (Å²) in [5.41, 5.74) is 0. The molecule has 24 nitrogen and oxygen atoms in total. The highest BCUT2D eigenvalue weighted by molar-refractivity contribution is 8.39. The van der Waals surface area contributed by atoms with E-state index in [1.54, 1.807) is 0 Å². The van der Waals surface area contributed by atoms with Crippen molar-refractivity contribution >= 4 is 80.9 Å². The zero-order chi connectivity index (χ0) is 33.0. The summed E-state index contributed by atoms with van der Waals surface area (Å²) in [4.78, 5) is 0. The molecule has 0 atom stereocenters. The second kappa shape index (κ2) is 13.5. The van der Waals surface area contributed by atoms with Gasteiger partial charge in [0.2, 0.25) is 39.3 Å². The van der Waals surface area contributed by atoms with Crippen LogP contribution in [0.1, 0.15) is 0 Å². The summed E-state index contributed by atoms with van der Waals surface area (Å²) in [5, 5.41) is 0. The van der Waals surface area contributed by atoms with Crippen LogP contribution in [0.5, 0.6) is 0 Å². The molecule has 0 saturated heterocycles. The zero-order valence-electron chi connectivity index (χ0n) is 19.4. The summed E-state index contributed by atoms with van der Waals surface area (Å²) in [5.74, 6) is -8.94.